The molecule has 0 aliphatic heterocycles. The van der Waals surface area contributed by atoms with Gasteiger partial charge in [-0.15, -0.1) is 10.2 Å². The zero-order valence-corrected chi connectivity index (χ0v) is 24.1. The van der Waals surface area contributed by atoms with Crippen molar-refractivity contribution in [2.24, 2.45) is 0 Å². The predicted molar refractivity (Wildman–Crippen MR) is 162 cm³/mol. The number of nitrogens with zero attached hydrogens (tertiary/aromatic N) is 3. The molecule has 5 rings (SSSR count). The van der Waals surface area contributed by atoms with Crippen molar-refractivity contribution in [3.63, 3.8) is 0 Å². The highest BCUT2D eigenvalue weighted by Crippen LogP contribution is 2.29. The SMILES string of the molecule is Cc1ccc(C)c(NC(=O)CSc2nnc(CNC(=O)c3cccc4ccccc34)n2-c2ccc(Cl)c(Cl)c2)c1. The van der Waals surface area contributed by atoms with E-state index in [-0.39, 0.29) is 24.1 Å². The lowest BCUT2D eigenvalue weighted by atomic mass is 10.0. The van der Waals surface area contributed by atoms with Gasteiger partial charge in [0.1, 0.15) is 0 Å². The maximum atomic E-state index is 13.2. The highest BCUT2D eigenvalue weighted by molar-refractivity contribution is 7.99. The van der Waals surface area contributed by atoms with Gasteiger partial charge in [-0.25, -0.2) is 0 Å². The standard InChI is InChI=1S/C30H25Cl2N5O2S/c1-18-10-11-19(2)26(14-18)34-28(38)17-40-30-36-35-27(37(30)21-12-13-24(31)25(32)15-21)16-33-29(39)23-9-5-7-20-6-3-4-8-22(20)23/h3-15H,16-17H2,1-2H3,(H,33,39)(H,34,38). The third kappa shape index (κ3) is 6.14. The van der Waals surface area contributed by atoms with Crippen LogP contribution in [0.25, 0.3) is 16.5 Å². The van der Waals surface area contributed by atoms with Crippen LogP contribution in [0.15, 0.2) is 84.0 Å². The molecule has 4 aromatic carbocycles. The lowest BCUT2D eigenvalue weighted by Crippen LogP contribution is -2.25. The summed E-state index contributed by atoms with van der Waals surface area (Å²) in [5.74, 6) is 0.176. The molecule has 2 amide bonds. The first-order chi connectivity index (χ1) is 19.3. The van der Waals surface area contributed by atoms with E-state index in [4.69, 9.17) is 23.2 Å². The minimum atomic E-state index is -0.234. The van der Waals surface area contributed by atoms with Crippen LogP contribution in [-0.2, 0) is 11.3 Å². The number of nitrogens with one attached hydrogen (secondary N) is 2. The molecule has 0 aliphatic rings. The summed E-state index contributed by atoms with van der Waals surface area (Å²) in [5, 5.41) is 17.7. The van der Waals surface area contributed by atoms with Crippen LogP contribution in [0.3, 0.4) is 0 Å². The largest absolute Gasteiger partial charge is 0.345 e. The lowest BCUT2D eigenvalue weighted by Gasteiger charge is -2.13. The van der Waals surface area contributed by atoms with Gasteiger partial charge in [0.2, 0.25) is 5.91 Å². The molecule has 0 saturated heterocycles. The number of hydrogen-bond donors (Lipinski definition) is 2. The first-order valence-electron chi connectivity index (χ1n) is 12.5. The Kier molecular flexibility index (Phi) is 8.40. The molecule has 5 aromatic rings. The topological polar surface area (TPSA) is 88.9 Å². The molecule has 0 saturated carbocycles. The lowest BCUT2D eigenvalue weighted by molar-refractivity contribution is -0.113. The average Bonchev–Trinajstić information content (AvgIpc) is 3.36. The Morgan fingerprint density at radius 2 is 1.70 bits per heavy atom. The smallest absolute Gasteiger partial charge is 0.252 e. The van der Waals surface area contributed by atoms with Crippen LogP contribution in [0, 0.1) is 13.8 Å². The first kappa shape index (κ1) is 27.7. The predicted octanol–water partition coefficient (Wildman–Crippen LogP) is 7.00. The Balaban J connectivity index is 1.37. The van der Waals surface area contributed by atoms with Gasteiger partial charge in [-0.2, -0.15) is 0 Å². The number of benzene rings is 4. The van der Waals surface area contributed by atoms with Gasteiger partial charge in [0, 0.05) is 11.3 Å². The summed E-state index contributed by atoms with van der Waals surface area (Å²) in [4.78, 5) is 26.0. The quantitative estimate of drug-likeness (QED) is 0.190. The van der Waals surface area contributed by atoms with E-state index < -0.39 is 0 Å². The molecular formula is C30H25Cl2N5O2S. The normalized spacial score (nSPS) is 11.0. The molecule has 0 radical (unpaired) electrons. The minimum Gasteiger partial charge on any atom is -0.345 e. The summed E-state index contributed by atoms with van der Waals surface area (Å²) >= 11 is 13.7. The van der Waals surface area contributed by atoms with Crippen molar-refractivity contribution >= 4 is 63.2 Å². The molecule has 0 unspecified atom stereocenters. The molecule has 0 aliphatic carbocycles. The molecule has 0 bridgehead atoms. The van der Waals surface area contributed by atoms with Crippen molar-refractivity contribution in [3.8, 4) is 5.69 Å². The molecule has 0 atom stereocenters. The molecule has 0 fully saturated rings. The van der Waals surface area contributed by atoms with Crippen molar-refractivity contribution in [1.82, 2.24) is 20.1 Å². The van der Waals surface area contributed by atoms with Crippen LogP contribution < -0.4 is 10.6 Å². The minimum absolute atomic E-state index is 0.102. The molecule has 7 nitrogen and oxygen atoms in total. The van der Waals surface area contributed by atoms with Crippen LogP contribution in [-0.4, -0.2) is 32.3 Å². The van der Waals surface area contributed by atoms with Gasteiger partial charge >= 0.3 is 0 Å². The zero-order valence-electron chi connectivity index (χ0n) is 21.7. The molecule has 202 valence electrons. The first-order valence-corrected chi connectivity index (χ1v) is 14.2. The van der Waals surface area contributed by atoms with E-state index in [0.717, 1.165) is 27.6 Å². The summed E-state index contributed by atoms with van der Waals surface area (Å²) < 4.78 is 1.77. The Labute approximate surface area is 245 Å². The van der Waals surface area contributed by atoms with Crippen LogP contribution >= 0.6 is 35.0 Å². The second-order valence-electron chi connectivity index (χ2n) is 9.20. The van der Waals surface area contributed by atoms with Gasteiger partial charge in [0.15, 0.2) is 11.0 Å². The van der Waals surface area contributed by atoms with Gasteiger partial charge < -0.3 is 10.6 Å². The van der Waals surface area contributed by atoms with Gasteiger partial charge in [-0.1, -0.05) is 83.5 Å². The molecule has 1 heterocycles. The molecule has 1 aromatic heterocycles. The van der Waals surface area contributed by atoms with Gasteiger partial charge in [0.05, 0.1) is 28.0 Å². The number of rotatable bonds is 8. The fourth-order valence-corrected chi connectivity index (χ4v) is 5.32. The number of thioether (sulfide) groups is 1. The second kappa shape index (κ2) is 12.1. The third-order valence-electron chi connectivity index (χ3n) is 6.30. The fraction of sp³-hybridized carbons (Fsp3) is 0.133. The number of aromatic nitrogens is 3. The van der Waals surface area contributed by atoms with E-state index in [2.05, 4.69) is 20.8 Å². The summed E-state index contributed by atoms with van der Waals surface area (Å²) in [6.07, 6.45) is 0. The van der Waals surface area contributed by atoms with E-state index in [1.807, 2.05) is 68.4 Å². The summed E-state index contributed by atoms with van der Waals surface area (Å²) in [7, 11) is 0. The van der Waals surface area contributed by atoms with Gasteiger partial charge in [-0.3, -0.25) is 14.2 Å². The maximum Gasteiger partial charge on any atom is 0.252 e. The van der Waals surface area contributed by atoms with Crippen LogP contribution in [0.1, 0.15) is 27.3 Å². The average molecular weight is 591 g/mol. The Bertz CT molecular complexity index is 1730. The number of aryl methyl sites for hydroxylation is 2. The number of amides is 2. The van der Waals surface area contributed by atoms with Crippen LogP contribution in [0.5, 0.6) is 0 Å². The van der Waals surface area contributed by atoms with Crippen molar-refractivity contribution < 1.29 is 9.59 Å². The zero-order chi connectivity index (χ0) is 28.2. The molecule has 10 heteroatoms. The molecular weight excluding hydrogens is 565 g/mol. The molecule has 0 spiro atoms. The summed E-state index contributed by atoms with van der Waals surface area (Å²) in [6.45, 7) is 4.02. The van der Waals surface area contributed by atoms with Crippen molar-refractivity contribution in [2.75, 3.05) is 11.1 Å². The van der Waals surface area contributed by atoms with E-state index in [1.165, 1.54) is 11.8 Å². The molecule has 2 N–H and O–H groups in total. The number of carbonyl (C=O) groups excluding carboxylic acids is 2. The monoisotopic (exact) mass is 589 g/mol. The number of fused-ring (bicyclic) bond motifs is 1. The third-order valence-corrected chi connectivity index (χ3v) is 7.97. The Morgan fingerprint density at radius 1 is 0.900 bits per heavy atom. The number of carbonyl (C=O) groups is 2. The summed E-state index contributed by atoms with van der Waals surface area (Å²) in [5.41, 5.74) is 4.03. The maximum absolute atomic E-state index is 13.2. The van der Waals surface area contributed by atoms with Crippen LogP contribution in [0.2, 0.25) is 10.0 Å². The highest BCUT2D eigenvalue weighted by Gasteiger charge is 2.19. The van der Waals surface area contributed by atoms with Crippen LogP contribution in [0.4, 0.5) is 5.69 Å². The van der Waals surface area contributed by atoms with E-state index in [1.54, 1.807) is 28.8 Å². The fourth-order valence-electron chi connectivity index (χ4n) is 4.26. The highest BCUT2D eigenvalue weighted by atomic mass is 35.5. The Morgan fingerprint density at radius 3 is 2.52 bits per heavy atom. The second-order valence-corrected chi connectivity index (χ2v) is 11.0. The van der Waals surface area contributed by atoms with Crippen molar-refractivity contribution in [3.05, 3.63) is 111 Å². The Hall–Kier alpha value is -3.85. The van der Waals surface area contributed by atoms with Crippen molar-refractivity contribution in [2.45, 2.75) is 25.5 Å². The van der Waals surface area contributed by atoms with E-state index >= 15 is 0 Å². The summed E-state index contributed by atoms with van der Waals surface area (Å²) in [6, 6.07) is 24.4. The van der Waals surface area contributed by atoms with Gasteiger partial charge in [-0.05, 0) is 66.1 Å². The van der Waals surface area contributed by atoms with Crippen molar-refractivity contribution in [1.29, 1.82) is 0 Å². The molecule has 40 heavy (non-hydrogen) atoms. The number of anilines is 1. The van der Waals surface area contributed by atoms with E-state index in [0.29, 0.717) is 32.3 Å². The van der Waals surface area contributed by atoms with E-state index in [9.17, 15) is 9.59 Å². The number of halogens is 2. The van der Waals surface area contributed by atoms with Gasteiger partial charge in [0.25, 0.3) is 5.91 Å². The number of hydrogen-bond acceptors (Lipinski definition) is 5.